The van der Waals surface area contributed by atoms with Crippen LogP contribution in [0.3, 0.4) is 0 Å². The fraction of sp³-hybridized carbons (Fsp3) is 0.308. The van der Waals surface area contributed by atoms with Gasteiger partial charge in [-0.05, 0) is 0 Å². The minimum atomic E-state index is -0.522. The summed E-state index contributed by atoms with van der Waals surface area (Å²) in [7, 11) is 2.94. The predicted octanol–water partition coefficient (Wildman–Crippen LogP) is -0.0985. The van der Waals surface area contributed by atoms with E-state index >= 15 is 0 Å². The van der Waals surface area contributed by atoms with Crippen LogP contribution in [-0.4, -0.2) is 53.4 Å². The van der Waals surface area contributed by atoms with Crippen LogP contribution in [0.15, 0.2) is 11.0 Å². The highest BCUT2D eigenvalue weighted by Crippen LogP contribution is 2.29. The van der Waals surface area contributed by atoms with Crippen molar-refractivity contribution in [3.63, 3.8) is 0 Å². The van der Waals surface area contributed by atoms with Gasteiger partial charge in [-0.1, -0.05) is 0 Å². The molecule has 1 aliphatic carbocycles. The molecule has 0 spiro atoms. The molecule has 2 amide bonds. The molecule has 0 radical (unpaired) electrons. The molecule has 0 bridgehead atoms. The Bertz CT molecular complexity index is 692. The first-order valence-electron chi connectivity index (χ1n) is 6.44. The van der Waals surface area contributed by atoms with Gasteiger partial charge in [-0.15, -0.1) is 11.8 Å². The number of fused-ring (bicyclic) bond motifs is 1. The highest BCUT2D eigenvalue weighted by Gasteiger charge is 2.33. The van der Waals surface area contributed by atoms with Crippen LogP contribution in [0.25, 0.3) is 0 Å². The largest absolute Gasteiger partial charge is 0.359 e. The van der Waals surface area contributed by atoms with Gasteiger partial charge in [0.1, 0.15) is 11.4 Å². The van der Waals surface area contributed by atoms with E-state index in [1.54, 1.807) is 0 Å². The molecule has 0 saturated heterocycles. The van der Waals surface area contributed by atoms with Gasteiger partial charge in [0.15, 0.2) is 0 Å². The molecule has 0 atom stereocenters. The summed E-state index contributed by atoms with van der Waals surface area (Å²) in [6, 6.07) is 0. The molecular formula is C13H14N4O4S. The summed E-state index contributed by atoms with van der Waals surface area (Å²) in [5.41, 5.74) is -0.109. The molecular weight excluding hydrogens is 308 g/mol. The standard InChI is InChI=1S/C13H14N4O4S/c1-14-8(19)3-4-22-7-5-6(18)10-9(12(7)20)11(17-16-10)13(21)15-2/h5H,3-4H2,1-2H3,(H,14,19)(H,15,21)(H,16,17). The van der Waals surface area contributed by atoms with Gasteiger partial charge in [0.2, 0.25) is 17.5 Å². The second-order valence-electron chi connectivity index (χ2n) is 4.37. The zero-order valence-electron chi connectivity index (χ0n) is 12.0. The number of rotatable bonds is 5. The molecule has 0 aliphatic heterocycles. The number of carbonyl (C=O) groups is 4. The average Bonchev–Trinajstić information content (AvgIpc) is 2.96. The normalized spacial score (nSPS) is 13.5. The van der Waals surface area contributed by atoms with Gasteiger partial charge < -0.3 is 10.6 Å². The summed E-state index contributed by atoms with van der Waals surface area (Å²) in [5, 5.41) is 11.0. The number of H-pyrrole nitrogens is 1. The molecule has 2 rings (SSSR count). The smallest absolute Gasteiger partial charge is 0.269 e. The number of Topliss-reactive ketones (excluding diaryl/α,β-unsaturated/α-hetero) is 1. The van der Waals surface area contributed by atoms with E-state index in [0.29, 0.717) is 5.75 Å². The van der Waals surface area contributed by atoms with E-state index in [2.05, 4.69) is 20.8 Å². The number of allylic oxidation sites excluding steroid dienone is 2. The summed E-state index contributed by atoms with van der Waals surface area (Å²) in [6.45, 7) is 0. The molecule has 22 heavy (non-hydrogen) atoms. The summed E-state index contributed by atoms with van der Waals surface area (Å²) in [4.78, 5) is 47.5. The third kappa shape index (κ3) is 2.93. The number of amides is 2. The molecule has 0 saturated carbocycles. The van der Waals surface area contributed by atoms with Crippen molar-refractivity contribution in [1.29, 1.82) is 0 Å². The molecule has 3 N–H and O–H groups in total. The van der Waals surface area contributed by atoms with Crippen molar-refractivity contribution in [2.45, 2.75) is 6.42 Å². The zero-order valence-corrected chi connectivity index (χ0v) is 12.8. The minimum absolute atomic E-state index is 0.0192. The second kappa shape index (κ2) is 6.56. The van der Waals surface area contributed by atoms with Crippen molar-refractivity contribution < 1.29 is 19.2 Å². The van der Waals surface area contributed by atoms with Gasteiger partial charge in [0, 0.05) is 32.3 Å². The van der Waals surface area contributed by atoms with Gasteiger partial charge >= 0.3 is 0 Å². The van der Waals surface area contributed by atoms with Crippen molar-refractivity contribution >= 4 is 35.1 Å². The second-order valence-corrected chi connectivity index (χ2v) is 5.51. The Morgan fingerprint density at radius 1 is 1.27 bits per heavy atom. The number of ketones is 2. The molecule has 1 aromatic rings. The van der Waals surface area contributed by atoms with E-state index in [4.69, 9.17) is 0 Å². The SMILES string of the molecule is CNC(=O)CCSC1=CC(=O)c2n[nH]c(C(=O)NC)c2C1=O. The average molecular weight is 322 g/mol. The fourth-order valence-corrected chi connectivity index (χ4v) is 2.82. The lowest BCUT2D eigenvalue weighted by molar-refractivity contribution is -0.120. The molecule has 1 aliphatic rings. The number of hydrogen-bond acceptors (Lipinski definition) is 6. The summed E-state index contributed by atoms with van der Waals surface area (Å²) in [5.74, 6) is -1.20. The molecule has 116 valence electrons. The van der Waals surface area contributed by atoms with Crippen molar-refractivity contribution in [3.05, 3.63) is 27.9 Å². The predicted molar refractivity (Wildman–Crippen MR) is 79.9 cm³/mol. The number of thioether (sulfide) groups is 1. The zero-order chi connectivity index (χ0) is 16.3. The van der Waals surface area contributed by atoms with Gasteiger partial charge in [-0.25, -0.2) is 0 Å². The summed E-state index contributed by atoms with van der Waals surface area (Å²) >= 11 is 1.10. The van der Waals surface area contributed by atoms with E-state index in [0.717, 1.165) is 11.8 Å². The lowest BCUT2D eigenvalue weighted by Crippen LogP contribution is -2.23. The van der Waals surface area contributed by atoms with Crippen LogP contribution >= 0.6 is 11.8 Å². The first kappa shape index (κ1) is 16.0. The Morgan fingerprint density at radius 3 is 2.64 bits per heavy atom. The number of nitrogens with one attached hydrogen (secondary N) is 3. The van der Waals surface area contributed by atoms with E-state index < -0.39 is 17.5 Å². The van der Waals surface area contributed by atoms with E-state index in [1.807, 2.05) is 0 Å². The first-order valence-corrected chi connectivity index (χ1v) is 7.42. The minimum Gasteiger partial charge on any atom is -0.359 e. The van der Waals surface area contributed by atoms with Crippen molar-refractivity contribution in [1.82, 2.24) is 20.8 Å². The van der Waals surface area contributed by atoms with E-state index in [1.165, 1.54) is 20.2 Å². The van der Waals surface area contributed by atoms with Crippen LogP contribution in [0.2, 0.25) is 0 Å². The maximum absolute atomic E-state index is 12.4. The monoisotopic (exact) mass is 322 g/mol. The molecule has 0 aromatic carbocycles. The van der Waals surface area contributed by atoms with Crippen molar-refractivity contribution in [2.24, 2.45) is 0 Å². The van der Waals surface area contributed by atoms with Crippen LogP contribution in [0.4, 0.5) is 0 Å². The lowest BCUT2D eigenvalue weighted by Gasteiger charge is -2.11. The number of aromatic amines is 1. The molecule has 8 nitrogen and oxygen atoms in total. The molecule has 0 fully saturated rings. The van der Waals surface area contributed by atoms with Gasteiger partial charge in [0.05, 0.1) is 10.5 Å². The van der Waals surface area contributed by atoms with Crippen molar-refractivity contribution in [3.8, 4) is 0 Å². The maximum Gasteiger partial charge on any atom is 0.269 e. The number of aromatic nitrogens is 2. The quantitative estimate of drug-likeness (QED) is 0.696. The van der Waals surface area contributed by atoms with E-state index in [9.17, 15) is 19.2 Å². The summed E-state index contributed by atoms with van der Waals surface area (Å²) < 4.78 is 0. The Kier molecular flexibility index (Phi) is 4.76. The third-order valence-corrected chi connectivity index (χ3v) is 4.05. The molecule has 1 heterocycles. The molecule has 0 unspecified atom stereocenters. The Labute approximate surface area is 130 Å². The molecule has 9 heteroatoms. The van der Waals surface area contributed by atoms with Crippen LogP contribution in [0, 0.1) is 0 Å². The first-order chi connectivity index (χ1) is 10.5. The van der Waals surface area contributed by atoms with Gasteiger partial charge in [0.25, 0.3) is 5.91 Å². The Hall–Kier alpha value is -2.42. The number of hydrogen-bond donors (Lipinski definition) is 3. The number of carbonyl (C=O) groups excluding carboxylic acids is 4. The van der Waals surface area contributed by atoms with Gasteiger partial charge in [-0.3, -0.25) is 24.3 Å². The Balaban J connectivity index is 2.22. The van der Waals surface area contributed by atoms with Crippen molar-refractivity contribution in [2.75, 3.05) is 19.8 Å². The highest BCUT2D eigenvalue weighted by atomic mass is 32.2. The molecule has 1 aromatic heterocycles. The third-order valence-electron chi connectivity index (χ3n) is 3.03. The number of nitrogens with zero attached hydrogens (tertiary/aromatic N) is 1. The highest BCUT2D eigenvalue weighted by molar-refractivity contribution is 8.04. The van der Waals surface area contributed by atoms with Crippen LogP contribution < -0.4 is 10.6 Å². The Morgan fingerprint density at radius 2 is 2.00 bits per heavy atom. The van der Waals surface area contributed by atoms with Gasteiger partial charge in [-0.2, -0.15) is 5.10 Å². The van der Waals surface area contributed by atoms with E-state index in [-0.39, 0.29) is 34.2 Å². The maximum atomic E-state index is 12.4. The van der Waals surface area contributed by atoms with Crippen LogP contribution in [0.5, 0.6) is 0 Å². The fourth-order valence-electron chi connectivity index (χ4n) is 1.89. The van der Waals surface area contributed by atoms with Crippen LogP contribution in [-0.2, 0) is 4.79 Å². The summed E-state index contributed by atoms with van der Waals surface area (Å²) in [6.07, 6.45) is 1.41. The van der Waals surface area contributed by atoms with Crippen LogP contribution in [0.1, 0.15) is 37.8 Å². The lowest BCUT2D eigenvalue weighted by atomic mass is 9.99. The topological polar surface area (TPSA) is 121 Å².